The van der Waals surface area contributed by atoms with Crippen LogP contribution in [0.3, 0.4) is 0 Å². The highest BCUT2D eigenvalue weighted by Crippen LogP contribution is 2.34. The minimum absolute atomic E-state index is 0.114. The van der Waals surface area contributed by atoms with Gasteiger partial charge >= 0.3 is 0 Å². The average Bonchev–Trinajstić information content (AvgIpc) is 3.20. The quantitative estimate of drug-likeness (QED) is 0.693. The van der Waals surface area contributed by atoms with Gasteiger partial charge in [0.2, 0.25) is 11.8 Å². The Morgan fingerprint density at radius 3 is 2.90 bits per heavy atom. The van der Waals surface area contributed by atoms with Crippen LogP contribution in [0.15, 0.2) is 52.9 Å². The van der Waals surface area contributed by atoms with Crippen LogP contribution in [-0.2, 0) is 11.3 Å². The summed E-state index contributed by atoms with van der Waals surface area (Å²) in [7, 11) is 0. The van der Waals surface area contributed by atoms with Gasteiger partial charge in [0.15, 0.2) is 6.10 Å². The van der Waals surface area contributed by atoms with Crippen molar-refractivity contribution in [3.8, 4) is 17.2 Å². The van der Waals surface area contributed by atoms with Crippen molar-refractivity contribution in [3.05, 3.63) is 60.0 Å². The van der Waals surface area contributed by atoms with Crippen LogP contribution in [0.1, 0.15) is 24.8 Å². The van der Waals surface area contributed by atoms with Gasteiger partial charge in [-0.25, -0.2) is 0 Å². The van der Waals surface area contributed by atoms with Crippen LogP contribution in [0, 0.1) is 6.92 Å². The van der Waals surface area contributed by atoms with E-state index in [1.54, 1.807) is 0 Å². The maximum Gasteiger partial charge on any atom is 0.262 e. The van der Waals surface area contributed by atoms with E-state index in [1.165, 1.54) is 0 Å². The molecule has 2 aromatic carbocycles. The molecule has 0 bridgehead atoms. The highest BCUT2D eigenvalue weighted by molar-refractivity contribution is 5.83. The molecule has 1 aromatic heterocycles. The minimum atomic E-state index is -0.587. The van der Waals surface area contributed by atoms with E-state index in [-0.39, 0.29) is 5.91 Å². The third kappa shape index (κ3) is 4.23. The summed E-state index contributed by atoms with van der Waals surface area (Å²) < 4.78 is 11.8. The summed E-state index contributed by atoms with van der Waals surface area (Å²) in [4.78, 5) is 14.5. The molecule has 0 spiro atoms. The standard InChI is InChI=1S/C22H24N4O3/c1-3-11-23-21(27)19-13-26(17-9-4-5-10-18(17)28-19)14-20-24-25-22(29-20)16-8-6-7-15(2)12-16/h4-10,12,19H,3,11,13-14H2,1-2H3,(H,23,27)/t19-/m0/s1. The Labute approximate surface area is 169 Å². The fourth-order valence-electron chi connectivity index (χ4n) is 3.33. The van der Waals surface area contributed by atoms with Crippen LogP contribution >= 0.6 is 0 Å². The van der Waals surface area contributed by atoms with Gasteiger partial charge < -0.3 is 19.4 Å². The Morgan fingerprint density at radius 1 is 1.21 bits per heavy atom. The van der Waals surface area contributed by atoms with Crippen molar-refractivity contribution in [2.75, 3.05) is 18.0 Å². The van der Waals surface area contributed by atoms with Crippen LogP contribution < -0.4 is 15.0 Å². The van der Waals surface area contributed by atoms with Crippen LogP contribution in [0.25, 0.3) is 11.5 Å². The Kier molecular flexibility index (Phi) is 5.46. The molecular formula is C22H24N4O3. The molecule has 1 N–H and O–H groups in total. The van der Waals surface area contributed by atoms with Crippen LogP contribution in [0.4, 0.5) is 5.69 Å². The summed E-state index contributed by atoms with van der Waals surface area (Å²) in [6, 6.07) is 15.6. The summed E-state index contributed by atoms with van der Waals surface area (Å²) in [5.74, 6) is 1.54. The first kappa shape index (κ1) is 19.0. The van der Waals surface area contributed by atoms with E-state index in [0.717, 1.165) is 23.2 Å². The number of nitrogens with one attached hydrogen (secondary N) is 1. The van der Waals surface area contributed by atoms with E-state index >= 15 is 0 Å². The highest BCUT2D eigenvalue weighted by atomic mass is 16.5. The summed E-state index contributed by atoms with van der Waals surface area (Å²) in [6.07, 6.45) is 0.290. The molecule has 0 saturated carbocycles. The molecule has 0 fully saturated rings. The zero-order valence-electron chi connectivity index (χ0n) is 16.6. The molecule has 0 aliphatic carbocycles. The fourth-order valence-corrected chi connectivity index (χ4v) is 3.33. The lowest BCUT2D eigenvalue weighted by atomic mass is 10.1. The second kappa shape index (κ2) is 8.34. The van der Waals surface area contributed by atoms with Crippen molar-refractivity contribution in [1.82, 2.24) is 15.5 Å². The number of benzene rings is 2. The summed E-state index contributed by atoms with van der Waals surface area (Å²) >= 11 is 0. The van der Waals surface area contributed by atoms with Gasteiger partial charge in [-0.3, -0.25) is 4.79 Å². The minimum Gasteiger partial charge on any atom is -0.477 e. The second-order valence-electron chi connectivity index (χ2n) is 7.12. The number of para-hydroxylation sites is 2. The zero-order chi connectivity index (χ0) is 20.2. The van der Waals surface area contributed by atoms with Crippen molar-refractivity contribution in [2.24, 2.45) is 0 Å². The molecule has 3 aromatic rings. The molecule has 4 rings (SSSR count). The molecule has 0 radical (unpaired) electrons. The molecule has 0 unspecified atom stereocenters. The van der Waals surface area contributed by atoms with E-state index in [4.69, 9.17) is 9.15 Å². The lowest BCUT2D eigenvalue weighted by Gasteiger charge is -2.34. The highest BCUT2D eigenvalue weighted by Gasteiger charge is 2.31. The van der Waals surface area contributed by atoms with Crippen LogP contribution in [-0.4, -0.2) is 35.3 Å². The number of hydrogen-bond acceptors (Lipinski definition) is 6. The molecule has 7 heteroatoms. The zero-order valence-corrected chi connectivity index (χ0v) is 16.6. The number of anilines is 1. The lowest BCUT2D eigenvalue weighted by molar-refractivity contribution is -0.127. The molecule has 2 heterocycles. The predicted octanol–water partition coefficient (Wildman–Crippen LogP) is 3.34. The molecule has 1 aliphatic heterocycles. The molecule has 1 atom stereocenters. The third-order valence-electron chi connectivity index (χ3n) is 4.76. The number of rotatable bonds is 6. The molecule has 7 nitrogen and oxygen atoms in total. The normalized spacial score (nSPS) is 15.5. The van der Waals surface area contributed by atoms with Gasteiger partial charge in [-0.05, 0) is 37.6 Å². The third-order valence-corrected chi connectivity index (χ3v) is 4.76. The molecule has 1 aliphatic rings. The Bertz CT molecular complexity index is 1000. The van der Waals surface area contributed by atoms with Gasteiger partial charge in [0.05, 0.1) is 18.8 Å². The Balaban J connectivity index is 1.55. The van der Waals surface area contributed by atoms with Crippen LogP contribution in [0.5, 0.6) is 5.75 Å². The van der Waals surface area contributed by atoms with Crippen LogP contribution in [0.2, 0.25) is 0 Å². The summed E-state index contributed by atoms with van der Waals surface area (Å²) in [6.45, 7) is 5.48. The number of ether oxygens (including phenoxy) is 1. The number of amides is 1. The van der Waals surface area contributed by atoms with Gasteiger partial charge in [0.25, 0.3) is 5.91 Å². The fraction of sp³-hybridized carbons (Fsp3) is 0.318. The van der Waals surface area contributed by atoms with Crippen molar-refractivity contribution < 1.29 is 13.9 Å². The summed E-state index contributed by atoms with van der Waals surface area (Å²) in [5.41, 5.74) is 2.93. The van der Waals surface area contributed by atoms with Gasteiger partial charge in [-0.1, -0.05) is 36.8 Å². The number of hydrogen-bond donors (Lipinski definition) is 1. The first-order valence-electron chi connectivity index (χ1n) is 9.82. The Morgan fingerprint density at radius 2 is 2.07 bits per heavy atom. The monoisotopic (exact) mass is 392 g/mol. The van der Waals surface area contributed by atoms with Crippen molar-refractivity contribution in [1.29, 1.82) is 0 Å². The number of carbonyl (C=O) groups is 1. The van der Waals surface area contributed by atoms with Gasteiger partial charge in [0.1, 0.15) is 5.75 Å². The van der Waals surface area contributed by atoms with Gasteiger partial charge in [-0.2, -0.15) is 0 Å². The van der Waals surface area contributed by atoms with Gasteiger partial charge in [0, 0.05) is 12.1 Å². The first-order chi connectivity index (χ1) is 14.1. The van der Waals surface area contributed by atoms with Crippen molar-refractivity contribution in [3.63, 3.8) is 0 Å². The predicted molar refractivity (Wildman–Crippen MR) is 110 cm³/mol. The maximum atomic E-state index is 12.5. The number of aromatic nitrogens is 2. The number of nitrogens with zero attached hydrogens (tertiary/aromatic N) is 3. The van der Waals surface area contributed by atoms with E-state index in [0.29, 0.717) is 37.2 Å². The number of carbonyl (C=O) groups excluding carboxylic acids is 1. The molecule has 0 saturated heterocycles. The first-order valence-corrected chi connectivity index (χ1v) is 9.82. The number of aryl methyl sites for hydroxylation is 1. The van der Waals surface area contributed by atoms with Crippen molar-refractivity contribution >= 4 is 11.6 Å². The van der Waals surface area contributed by atoms with Crippen molar-refractivity contribution in [2.45, 2.75) is 32.9 Å². The SMILES string of the molecule is CCCNC(=O)[C@@H]1CN(Cc2nnc(-c3cccc(C)c3)o2)c2ccccc2O1. The molecule has 1 amide bonds. The maximum absolute atomic E-state index is 12.5. The lowest BCUT2D eigenvalue weighted by Crippen LogP contribution is -2.48. The molecular weight excluding hydrogens is 368 g/mol. The topological polar surface area (TPSA) is 80.5 Å². The van der Waals surface area contributed by atoms with E-state index in [1.807, 2.05) is 67.3 Å². The summed E-state index contributed by atoms with van der Waals surface area (Å²) in [5, 5.41) is 11.3. The molecule has 150 valence electrons. The second-order valence-corrected chi connectivity index (χ2v) is 7.12. The number of fused-ring (bicyclic) bond motifs is 1. The largest absolute Gasteiger partial charge is 0.477 e. The van der Waals surface area contributed by atoms with E-state index in [9.17, 15) is 4.79 Å². The Hall–Kier alpha value is -3.35. The average molecular weight is 392 g/mol. The van der Waals surface area contributed by atoms with E-state index in [2.05, 4.69) is 15.5 Å². The van der Waals surface area contributed by atoms with E-state index < -0.39 is 6.10 Å². The smallest absolute Gasteiger partial charge is 0.262 e. The molecule has 29 heavy (non-hydrogen) atoms. The van der Waals surface area contributed by atoms with Gasteiger partial charge in [-0.15, -0.1) is 10.2 Å².